The van der Waals surface area contributed by atoms with Gasteiger partial charge in [0.1, 0.15) is 12.4 Å². The minimum absolute atomic E-state index is 0.137. The Hall–Kier alpha value is -3.11. The lowest BCUT2D eigenvalue weighted by atomic mass is 10.0. The molecule has 0 saturated carbocycles. The van der Waals surface area contributed by atoms with Gasteiger partial charge < -0.3 is 15.1 Å². The number of nitrogens with one attached hydrogen (secondary N) is 2. The number of piperidine rings is 2. The predicted octanol–water partition coefficient (Wildman–Crippen LogP) is 1.04. The molecule has 1 aromatic heterocycles. The van der Waals surface area contributed by atoms with Crippen LogP contribution >= 0.6 is 11.6 Å². The number of rotatable bonds is 5. The van der Waals surface area contributed by atoms with Crippen molar-refractivity contribution in [3.63, 3.8) is 0 Å². The average molecular weight is 470 g/mol. The van der Waals surface area contributed by atoms with Gasteiger partial charge >= 0.3 is 0 Å². The zero-order valence-electron chi connectivity index (χ0n) is 18.0. The molecule has 11 heteroatoms. The van der Waals surface area contributed by atoms with Crippen molar-refractivity contribution in [2.75, 3.05) is 18.0 Å². The quantitative estimate of drug-likeness (QED) is 0.623. The van der Waals surface area contributed by atoms with Crippen molar-refractivity contribution in [1.82, 2.24) is 30.5 Å². The average Bonchev–Trinajstić information content (AvgIpc) is 3.14. The molecular formula is C22H24ClN7O3. The Morgan fingerprint density at radius 3 is 2.82 bits per heavy atom. The maximum atomic E-state index is 13.2. The fourth-order valence-electron chi connectivity index (χ4n) is 4.77. The first kappa shape index (κ1) is 21.7. The number of fused-ring (bicyclic) bond motifs is 1. The van der Waals surface area contributed by atoms with E-state index >= 15 is 0 Å². The molecule has 2 atom stereocenters. The highest BCUT2D eigenvalue weighted by atomic mass is 35.5. The van der Waals surface area contributed by atoms with E-state index in [-0.39, 0.29) is 29.6 Å². The minimum atomic E-state index is -0.622. The van der Waals surface area contributed by atoms with E-state index in [1.54, 1.807) is 4.90 Å². The summed E-state index contributed by atoms with van der Waals surface area (Å²) in [5.41, 5.74) is 2.41. The summed E-state index contributed by atoms with van der Waals surface area (Å²) in [6, 6.07) is 5.37. The lowest BCUT2D eigenvalue weighted by Gasteiger charge is -2.34. The summed E-state index contributed by atoms with van der Waals surface area (Å²) in [6.45, 7) is 2.65. The summed E-state index contributed by atoms with van der Waals surface area (Å²) in [4.78, 5) is 53.1. The zero-order valence-corrected chi connectivity index (χ0v) is 18.7. The third-order valence-electron chi connectivity index (χ3n) is 6.44. The van der Waals surface area contributed by atoms with Crippen LogP contribution in [0.5, 0.6) is 0 Å². The van der Waals surface area contributed by atoms with Gasteiger partial charge in [-0.15, -0.1) is 0 Å². The van der Waals surface area contributed by atoms with Gasteiger partial charge in [-0.05, 0) is 54.6 Å². The first-order valence-corrected chi connectivity index (χ1v) is 11.5. The number of carbonyl (C=O) groups excluding carboxylic acids is 3. The molecule has 3 amide bonds. The Bertz CT molecular complexity index is 1110. The number of amides is 3. The third-order valence-corrected chi connectivity index (χ3v) is 6.63. The summed E-state index contributed by atoms with van der Waals surface area (Å²) in [5.74, 6) is -0.384. The second-order valence-electron chi connectivity index (χ2n) is 8.57. The predicted molar refractivity (Wildman–Crippen MR) is 119 cm³/mol. The van der Waals surface area contributed by atoms with Crippen molar-refractivity contribution in [3.05, 3.63) is 46.5 Å². The van der Waals surface area contributed by atoms with Crippen molar-refractivity contribution in [2.45, 2.75) is 50.9 Å². The van der Waals surface area contributed by atoms with E-state index in [1.807, 2.05) is 18.2 Å². The number of aromatic nitrogens is 3. The molecular weight excluding hydrogens is 446 g/mol. The Kier molecular flexibility index (Phi) is 5.94. The van der Waals surface area contributed by atoms with Crippen LogP contribution < -0.4 is 15.5 Å². The number of imide groups is 1. The van der Waals surface area contributed by atoms with Crippen LogP contribution in [-0.2, 0) is 22.7 Å². The van der Waals surface area contributed by atoms with Gasteiger partial charge in [0.25, 0.3) is 5.91 Å². The topological polar surface area (TPSA) is 120 Å². The van der Waals surface area contributed by atoms with Crippen molar-refractivity contribution in [1.29, 1.82) is 0 Å². The molecule has 3 aliphatic rings. The highest BCUT2D eigenvalue weighted by molar-refractivity contribution is 6.28. The number of hydrogen-bond donors (Lipinski definition) is 2. The molecule has 2 aromatic rings. The fraction of sp³-hybridized carbons (Fsp3) is 0.455. The van der Waals surface area contributed by atoms with Gasteiger partial charge in [0.2, 0.25) is 23.0 Å². The number of anilines is 1. The van der Waals surface area contributed by atoms with Gasteiger partial charge in [0.15, 0.2) is 0 Å². The van der Waals surface area contributed by atoms with Crippen LogP contribution in [0.2, 0.25) is 5.28 Å². The van der Waals surface area contributed by atoms with E-state index in [0.717, 1.165) is 37.1 Å². The Morgan fingerprint density at radius 1 is 1.18 bits per heavy atom. The SMILES string of the molecule is O=C1CCC(N2Cc3ccc(CN(c4ncnc(Cl)n4)C4CCCNC4)cc3C2=O)C(=O)N1. The first-order chi connectivity index (χ1) is 16.0. The molecule has 0 radical (unpaired) electrons. The molecule has 10 nitrogen and oxygen atoms in total. The van der Waals surface area contributed by atoms with Crippen LogP contribution in [0.3, 0.4) is 0 Å². The molecule has 2 fully saturated rings. The molecule has 0 aliphatic carbocycles. The summed E-state index contributed by atoms with van der Waals surface area (Å²) in [7, 11) is 0. The van der Waals surface area contributed by atoms with Gasteiger partial charge in [-0.3, -0.25) is 19.7 Å². The second kappa shape index (κ2) is 9.03. The lowest BCUT2D eigenvalue weighted by molar-refractivity contribution is -0.136. The van der Waals surface area contributed by atoms with E-state index in [2.05, 4.69) is 30.5 Å². The van der Waals surface area contributed by atoms with Gasteiger partial charge in [-0.25, -0.2) is 9.97 Å². The van der Waals surface area contributed by atoms with Crippen LogP contribution in [0, 0.1) is 0 Å². The molecule has 4 heterocycles. The van der Waals surface area contributed by atoms with Crippen LogP contribution in [0.25, 0.3) is 0 Å². The number of hydrogen-bond acceptors (Lipinski definition) is 8. The Balaban J connectivity index is 1.38. The largest absolute Gasteiger partial charge is 0.332 e. The second-order valence-corrected chi connectivity index (χ2v) is 8.91. The number of carbonyl (C=O) groups is 3. The van der Waals surface area contributed by atoms with E-state index in [4.69, 9.17) is 11.6 Å². The molecule has 172 valence electrons. The van der Waals surface area contributed by atoms with Gasteiger partial charge in [-0.2, -0.15) is 4.98 Å². The van der Waals surface area contributed by atoms with Gasteiger partial charge in [-0.1, -0.05) is 12.1 Å². The molecule has 1 aromatic carbocycles. The number of benzene rings is 1. The Labute approximate surface area is 195 Å². The summed E-state index contributed by atoms with van der Waals surface area (Å²) in [5, 5.41) is 5.89. The van der Waals surface area contributed by atoms with Crippen molar-refractivity contribution < 1.29 is 14.4 Å². The Morgan fingerprint density at radius 2 is 2.06 bits per heavy atom. The molecule has 5 rings (SSSR count). The molecule has 2 N–H and O–H groups in total. The highest BCUT2D eigenvalue weighted by Crippen LogP contribution is 2.29. The molecule has 2 unspecified atom stereocenters. The molecule has 3 aliphatic heterocycles. The van der Waals surface area contributed by atoms with Crippen molar-refractivity contribution >= 4 is 35.3 Å². The third kappa shape index (κ3) is 4.40. The fourth-order valence-corrected chi connectivity index (χ4v) is 4.89. The van der Waals surface area contributed by atoms with E-state index in [1.165, 1.54) is 6.33 Å². The standard InChI is InChI=1S/C22H24ClN7O3/c23-21-25-12-26-22(28-21)29(15-2-1-7-24-9-15)10-13-3-4-14-11-30(20(33)16(14)8-13)17-5-6-18(31)27-19(17)32/h3-4,8,12,15,17,24H,1-2,5-7,9-11H2,(H,27,31,32). The van der Waals surface area contributed by atoms with E-state index < -0.39 is 11.9 Å². The maximum absolute atomic E-state index is 13.2. The zero-order chi connectivity index (χ0) is 22.9. The summed E-state index contributed by atoms with van der Waals surface area (Å²) >= 11 is 6.03. The van der Waals surface area contributed by atoms with Crippen LogP contribution in [0.1, 0.15) is 47.2 Å². The van der Waals surface area contributed by atoms with Crippen molar-refractivity contribution in [3.8, 4) is 0 Å². The normalized spacial score (nSPS) is 22.8. The minimum Gasteiger partial charge on any atom is -0.332 e. The van der Waals surface area contributed by atoms with Gasteiger partial charge in [0, 0.05) is 37.7 Å². The summed E-state index contributed by atoms with van der Waals surface area (Å²) < 4.78 is 0. The van der Waals surface area contributed by atoms with Crippen molar-refractivity contribution in [2.24, 2.45) is 0 Å². The molecule has 0 spiro atoms. The smallest absolute Gasteiger partial charge is 0.255 e. The summed E-state index contributed by atoms with van der Waals surface area (Å²) in [6.07, 6.45) is 4.02. The van der Waals surface area contributed by atoms with Gasteiger partial charge in [0.05, 0.1) is 0 Å². The maximum Gasteiger partial charge on any atom is 0.255 e. The van der Waals surface area contributed by atoms with E-state index in [9.17, 15) is 14.4 Å². The molecule has 2 saturated heterocycles. The van der Waals surface area contributed by atoms with Crippen LogP contribution in [-0.4, -0.2) is 62.7 Å². The monoisotopic (exact) mass is 469 g/mol. The number of halogens is 1. The number of nitrogens with zero attached hydrogens (tertiary/aromatic N) is 5. The van der Waals surface area contributed by atoms with E-state index in [0.29, 0.717) is 31.0 Å². The van der Waals surface area contributed by atoms with Crippen LogP contribution in [0.4, 0.5) is 5.95 Å². The highest BCUT2D eigenvalue weighted by Gasteiger charge is 2.39. The lowest BCUT2D eigenvalue weighted by Crippen LogP contribution is -2.52. The molecule has 0 bridgehead atoms. The molecule has 33 heavy (non-hydrogen) atoms. The van der Waals surface area contributed by atoms with Crippen LogP contribution in [0.15, 0.2) is 24.5 Å². The first-order valence-electron chi connectivity index (χ1n) is 11.1.